The molecule has 2 N–H and O–H groups in total. The highest BCUT2D eigenvalue weighted by atomic mass is 32.1. The van der Waals surface area contributed by atoms with Crippen LogP contribution in [0.25, 0.3) is 10.2 Å². The van der Waals surface area contributed by atoms with Gasteiger partial charge in [-0.3, -0.25) is 9.36 Å². The number of urea groups is 1. The number of thiazole rings is 1. The van der Waals surface area contributed by atoms with E-state index in [0.717, 1.165) is 10.2 Å². The lowest BCUT2D eigenvalue weighted by atomic mass is 10.2. The van der Waals surface area contributed by atoms with Gasteiger partial charge in [0, 0.05) is 11.7 Å². The fourth-order valence-corrected chi connectivity index (χ4v) is 3.69. The van der Waals surface area contributed by atoms with Gasteiger partial charge in [0.2, 0.25) is 0 Å². The highest BCUT2D eigenvalue weighted by Gasteiger charge is 2.12. The van der Waals surface area contributed by atoms with Crippen molar-refractivity contribution in [3.63, 3.8) is 0 Å². The lowest BCUT2D eigenvalue weighted by Crippen LogP contribution is -2.19. The Morgan fingerprint density at radius 1 is 1.16 bits per heavy atom. The first-order chi connectivity index (χ1) is 12.0. The summed E-state index contributed by atoms with van der Waals surface area (Å²) in [5.74, 6) is 0.584. The Hall–Kier alpha value is -2.80. The van der Waals surface area contributed by atoms with E-state index in [2.05, 4.69) is 10.6 Å². The summed E-state index contributed by atoms with van der Waals surface area (Å²) in [5, 5.41) is 5.54. The van der Waals surface area contributed by atoms with Crippen LogP contribution in [0.3, 0.4) is 0 Å². The summed E-state index contributed by atoms with van der Waals surface area (Å²) in [7, 11) is 1.55. The van der Waals surface area contributed by atoms with E-state index in [0.29, 0.717) is 17.1 Å². The normalized spacial score (nSPS) is 10.9. The molecule has 3 rings (SSSR count). The highest BCUT2D eigenvalue weighted by molar-refractivity contribution is 7.16. The second-order valence-electron chi connectivity index (χ2n) is 5.79. The van der Waals surface area contributed by atoms with Crippen molar-refractivity contribution in [3.05, 3.63) is 52.1 Å². The van der Waals surface area contributed by atoms with Crippen LogP contribution in [0.15, 0.2) is 47.3 Å². The van der Waals surface area contributed by atoms with Crippen LogP contribution in [-0.4, -0.2) is 17.7 Å². The summed E-state index contributed by atoms with van der Waals surface area (Å²) in [6, 6.07) is 12.3. The molecule has 25 heavy (non-hydrogen) atoms. The average molecular weight is 357 g/mol. The molecular formula is C18H19N3O3S. The summed E-state index contributed by atoms with van der Waals surface area (Å²) in [5.41, 5.74) is 2.08. The van der Waals surface area contributed by atoms with E-state index < -0.39 is 0 Å². The number of amides is 2. The van der Waals surface area contributed by atoms with E-state index >= 15 is 0 Å². The number of methoxy groups -OCH3 is 1. The van der Waals surface area contributed by atoms with Crippen molar-refractivity contribution in [2.45, 2.75) is 19.9 Å². The number of aromatic nitrogens is 1. The lowest BCUT2D eigenvalue weighted by molar-refractivity contribution is 0.262. The van der Waals surface area contributed by atoms with Crippen LogP contribution < -0.4 is 20.2 Å². The third-order valence-electron chi connectivity index (χ3n) is 3.74. The first-order valence-electron chi connectivity index (χ1n) is 7.85. The van der Waals surface area contributed by atoms with E-state index in [1.54, 1.807) is 29.9 Å². The predicted octanol–water partition coefficient (Wildman–Crippen LogP) is 4.30. The molecule has 1 heterocycles. The van der Waals surface area contributed by atoms with Gasteiger partial charge in [0.05, 0.1) is 23.0 Å². The Morgan fingerprint density at radius 3 is 2.64 bits per heavy atom. The van der Waals surface area contributed by atoms with Crippen molar-refractivity contribution in [2.75, 3.05) is 17.7 Å². The first-order valence-corrected chi connectivity index (χ1v) is 8.67. The molecule has 1 aromatic heterocycles. The second kappa shape index (κ2) is 6.98. The molecule has 2 aromatic carbocycles. The maximum Gasteiger partial charge on any atom is 0.323 e. The van der Waals surface area contributed by atoms with E-state index in [-0.39, 0.29) is 16.9 Å². The number of hydrogen-bond donors (Lipinski definition) is 2. The van der Waals surface area contributed by atoms with Crippen LogP contribution in [-0.2, 0) is 0 Å². The summed E-state index contributed by atoms with van der Waals surface area (Å²) >= 11 is 1.17. The van der Waals surface area contributed by atoms with Gasteiger partial charge in [-0.15, -0.1) is 0 Å². The van der Waals surface area contributed by atoms with E-state index in [9.17, 15) is 9.59 Å². The standard InChI is InChI=1S/C18H19N3O3S/c1-11(2)21-14-9-8-12(10-16(14)25-18(21)23)19-17(22)20-13-6-4-5-7-15(13)24-3/h4-11H,1-3H3,(H2,19,20,22). The number of carbonyl (C=O) groups is 1. The highest BCUT2D eigenvalue weighted by Crippen LogP contribution is 2.25. The molecule has 2 amide bonds. The maximum absolute atomic E-state index is 12.2. The second-order valence-corrected chi connectivity index (χ2v) is 6.79. The van der Waals surface area contributed by atoms with Crippen LogP contribution >= 0.6 is 11.3 Å². The van der Waals surface area contributed by atoms with Crippen molar-refractivity contribution in [2.24, 2.45) is 0 Å². The fourth-order valence-electron chi connectivity index (χ4n) is 2.64. The van der Waals surface area contributed by atoms with Crippen molar-refractivity contribution < 1.29 is 9.53 Å². The third kappa shape index (κ3) is 3.51. The third-order valence-corrected chi connectivity index (χ3v) is 4.66. The van der Waals surface area contributed by atoms with Crippen LogP contribution in [0.2, 0.25) is 0 Å². The molecule has 0 radical (unpaired) electrons. The van der Waals surface area contributed by atoms with Crippen molar-refractivity contribution >= 4 is 39.0 Å². The number of para-hydroxylation sites is 2. The molecule has 0 saturated carbocycles. The van der Waals surface area contributed by atoms with Gasteiger partial charge in [-0.05, 0) is 44.2 Å². The zero-order valence-corrected chi connectivity index (χ0v) is 15.0. The number of hydrogen-bond acceptors (Lipinski definition) is 4. The molecule has 0 unspecified atom stereocenters. The van der Waals surface area contributed by atoms with Gasteiger partial charge in [-0.1, -0.05) is 23.5 Å². The van der Waals surface area contributed by atoms with Gasteiger partial charge in [0.15, 0.2) is 0 Å². The zero-order chi connectivity index (χ0) is 18.0. The van der Waals surface area contributed by atoms with Crippen LogP contribution in [0.4, 0.5) is 16.2 Å². The minimum atomic E-state index is -0.375. The summed E-state index contributed by atoms with van der Waals surface area (Å²) in [6.45, 7) is 3.95. The maximum atomic E-state index is 12.2. The lowest BCUT2D eigenvalue weighted by Gasteiger charge is -2.11. The number of carbonyl (C=O) groups excluding carboxylic acids is 1. The Labute approximate surface area is 149 Å². The number of rotatable bonds is 4. The molecule has 0 bridgehead atoms. The molecule has 3 aromatic rings. The topological polar surface area (TPSA) is 72.4 Å². The van der Waals surface area contributed by atoms with Crippen molar-refractivity contribution in [1.29, 1.82) is 0 Å². The monoisotopic (exact) mass is 357 g/mol. The number of benzene rings is 2. The molecule has 6 nitrogen and oxygen atoms in total. The fraction of sp³-hybridized carbons (Fsp3) is 0.222. The number of ether oxygens (including phenoxy) is 1. The van der Waals surface area contributed by atoms with Crippen molar-refractivity contribution in [1.82, 2.24) is 4.57 Å². The summed E-state index contributed by atoms with van der Waals surface area (Å²) in [4.78, 5) is 24.3. The van der Waals surface area contributed by atoms with Crippen LogP contribution in [0.1, 0.15) is 19.9 Å². The van der Waals surface area contributed by atoms with Crippen LogP contribution in [0.5, 0.6) is 5.75 Å². The first kappa shape index (κ1) is 17.0. The van der Waals surface area contributed by atoms with Crippen molar-refractivity contribution in [3.8, 4) is 5.75 Å². The molecule has 0 aliphatic heterocycles. The summed E-state index contributed by atoms with van der Waals surface area (Å²) < 4.78 is 7.80. The Kier molecular flexibility index (Phi) is 4.76. The van der Waals surface area contributed by atoms with Gasteiger partial charge >= 0.3 is 10.9 Å². The van der Waals surface area contributed by atoms with Gasteiger partial charge < -0.3 is 15.4 Å². The Morgan fingerprint density at radius 2 is 1.92 bits per heavy atom. The van der Waals surface area contributed by atoms with Gasteiger partial charge in [-0.2, -0.15) is 0 Å². The molecule has 0 spiro atoms. The largest absolute Gasteiger partial charge is 0.495 e. The molecule has 0 fully saturated rings. The molecule has 7 heteroatoms. The molecular weight excluding hydrogens is 338 g/mol. The molecule has 0 atom stereocenters. The minimum Gasteiger partial charge on any atom is -0.495 e. The van der Waals surface area contributed by atoms with E-state index in [1.165, 1.54) is 11.3 Å². The molecule has 0 aliphatic carbocycles. The average Bonchev–Trinajstić information content (AvgIpc) is 2.90. The minimum absolute atomic E-state index is 0.000577. The molecule has 0 saturated heterocycles. The number of fused-ring (bicyclic) bond motifs is 1. The summed E-state index contributed by atoms with van der Waals surface area (Å²) in [6.07, 6.45) is 0. The predicted molar refractivity (Wildman–Crippen MR) is 102 cm³/mol. The van der Waals surface area contributed by atoms with Gasteiger partial charge in [0.1, 0.15) is 5.75 Å². The smallest absolute Gasteiger partial charge is 0.323 e. The number of anilines is 2. The van der Waals surface area contributed by atoms with E-state index in [4.69, 9.17) is 4.74 Å². The quantitative estimate of drug-likeness (QED) is 0.731. The Bertz CT molecular complexity index is 975. The Balaban J connectivity index is 1.81. The molecule has 0 aliphatic rings. The SMILES string of the molecule is COc1ccccc1NC(=O)Nc1ccc2c(c1)sc(=O)n2C(C)C. The number of nitrogens with zero attached hydrogens (tertiary/aromatic N) is 1. The zero-order valence-electron chi connectivity index (χ0n) is 14.2. The van der Waals surface area contributed by atoms with Gasteiger partial charge in [-0.25, -0.2) is 4.79 Å². The molecule has 130 valence electrons. The van der Waals surface area contributed by atoms with Gasteiger partial charge in [0.25, 0.3) is 0 Å². The number of nitrogens with one attached hydrogen (secondary N) is 2. The van der Waals surface area contributed by atoms with E-state index in [1.807, 2.05) is 38.1 Å². The van der Waals surface area contributed by atoms with Crippen LogP contribution in [0, 0.1) is 0 Å².